The average molecular weight is 272 g/mol. The molecule has 2 aromatic heterocycles. The first kappa shape index (κ1) is 12.3. The maximum atomic E-state index is 11.2. The Bertz CT molecular complexity index is 775. The lowest BCUT2D eigenvalue weighted by atomic mass is 10.2. The Morgan fingerprint density at radius 3 is 2.90 bits per heavy atom. The number of aromatic nitrogens is 4. The van der Waals surface area contributed by atoms with E-state index in [1.165, 1.54) is 0 Å². The smallest absolute Gasteiger partial charge is 0.357 e. The second-order valence-corrected chi connectivity index (χ2v) is 4.29. The molecule has 0 spiro atoms. The van der Waals surface area contributed by atoms with Crippen LogP contribution in [0, 0.1) is 0 Å². The first-order valence-electron chi connectivity index (χ1n) is 6.19. The van der Waals surface area contributed by atoms with Gasteiger partial charge in [-0.3, -0.25) is 4.68 Å². The summed E-state index contributed by atoms with van der Waals surface area (Å²) in [4.78, 5) is 15.4. The third kappa shape index (κ3) is 2.03. The third-order valence-corrected chi connectivity index (χ3v) is 2.97. The Hall–Kier alpha value is -2.70. The Morgan fingerprint density at radius 2 is 2.20 bits per heavy atom. The number of fused-ring (bicyclic) bond motifs is 1. The van der Waals surface area contributed by atoms with E-state index < -0.39 is 5.97 Å². The molecule has 0 amide bonds. The lowest BCUT2D eigenvalue weighted by Crippen LogP contribution is -2.04. The molecule has 20 heavy (non-hydrogen) atoms. The molecule has 0 aliphatic carbocycles. The fourth-order valence-electron chi connectivity index (χ4n) is 2.03. The molecule has 3 aromatic rings. The predicted octanol–water partition coefficient (Wildman–Crippen LogP) is 1.73. The molecule has 2 heterocycles. The van der Waals surface area contributed by atoms with E-state index in [-0.39, 0.29) is 12.2 Å². The highest BCUT2D eigenvalue weighted by Gasteiger charge is 2.17. The lowest BCUT2D eigenvalue weighted by Gasteiger charge is -1.98. The van der Waals surface area contributed by atoms with E-state index in [0.29, 0.717) is 23.5 Å². The predicted molar refractivity (Wildman–Crippen MR) is 69.5 cm³/mol. The monoisotopic (exact) mass is 272 g/mol. The fraction of sp³-hybridized carbons (Fsp3) is 0.231. The maximum absolute atomic E-state index is 11.2. The molecule has 0 aliphatic heterocycles. The number of carbonyl (C=O) groups is 1. The van der Waals surface area contributed by atoms with E-state index in [1.807, 2.05) is 19.1 Å². The molecule has 102 valence electrons. The van der Waals surface area contributed by atoms with Gasteiger partial charge < -0.3 is 9.63 Å². The number of aromatic carboxylic acids is 1. The van der Waals surface area contributed by atoms with Crippen molar-refractivity contribution < 1.29 is 14.4 Å². The second kappa shape index (κ2) is 4.76. The number of hydrogen-bond acceptors (Lipinski definition) is 5. The summed E-state index contributed by atoms with van der Waals surface area (Å²) < 4.78 is 6.67. The standard InChI is InChI=1S/C13H12N4O3/c1-2-10-14-11(20-16-10)7-17-9-6-4-3-5-8(9)12(15-17)13(18)19/h3-6H,2,7H2,1H3,(H,18,19). The van der Waals surface area contributed by atoms with E-state index in [4.69, 9.17) is 4.52 Å². The number of carboxylic acid groups (broad SMARTS) is 1. The highest BCUT2D eigenvalue weighted by Crippen LogP contribution is 2.19. The third-order valence-electron chi connectivity index (χ3n) is 2.97. The van der Waals surface area contributed by atoms with Crippen LogP contribution in [0.1, 0.15) is 29.1 Å². The first-order chi connectivity index (χ1) is 9.69. The quantitative estimate of drug-likeness (QED) is 0.777. The zero-order valence-electron chi connectivity index (χ0n) is 10.8. The maximum Gasteiger partial charge on any atom is 0.357 e. The minimum absolute atomic E-state index is 0.0239. The van der Waals surface area contributed by atoms with Crippen molar-refractivity contribution in [2.45, 2.75) is 19.9 Å². The van der Waals surface area contributed by atoms with Gasteiger partial charge >= 0.3 is 5.97 Å². The number of rotatable bonds is 4. The van der Waals surface area contributed by atoms with Crippen molar-refractivity contribution in [2.24, 2.45) is 0 Å². The lowest BCUT2D eigenvalue weighted by molar-refractivity contribution is 0.0691. The molecular formula is C13H12N4O3. The van der Waals surface area contributed by atoms with Crippen LogP contribution in [0.2, 0.25) is 0 Å². The van der Waals surface area contributed by atoms with E-state index in [2.05, 4.69) is 15.2 Å². The van der Waals surface area contributed by atoms with Crippen LogP contribution in [0.3, 0.4) is 0 Å². The van der Waals surface area contributed by atoms with E-state index in [9.17, 15) is 9.90 Å². The SMILES string of the molecule is CCc1noc(Cn2nc(C(=O)O)c3ccccc32)n1. The summed E-state index contributed by atoms with van der Waals surface area (Å²) in [5.41, 5.74) is 0.747. The van der Waals surface area contributed by atoms with E-state index >= 15 is 0 Å². The molecule has 0 saturated carbocycles. The summed E-state index contributed by atoms with van der Waals surface area (Å²) in [5, 5.41) is 17.7. The average Bonchev–Trinajstić information content (AvgIpc) is 3.04. The number of hydrogen-bond donors (Lipinski definition) is 1. The number of para-hydroxylation sites is 1. The summed E-state index contributed by atoms with van der Waals surface area (Å²) >= 11 is 0. The Balaban J connectivity index is 2.05. The normalized spacial score (nSPS) is 11.1. The molecule has 0 saturated heterocycles. The van der Waals surface area contributed by atoms with Crippen molar-refractivity contribution in [2.75, 3.05) is 0 Å². The summed E-state index contributed by atoms with van der Waals surface area (Å²) in [5.74, 6) is -0.0262. The number of benzene rings is 1. The van der Waals surface area contributed by atoms with Gasteiger partial charge in [-0.2, -0.15) is 10.1 Å². The van der Waals surface area contributed by atoms with Gasteiger partial charge in [0.25, 0.3) is 0 Å². The zero-order chi connectivity index (χ0) is 14.1. The molecule has 0 radical (unpaired) electrons. The summed E-state index contributed by atoms with van der Waals surface area (Å²) in [6, 6.07) is 7.15. The summed E-state index contributed by atoms with van der Waals surface area (Å²) in [6.45, 7) is 2.18. The molecule has 7 heteroatoms. The molecule has 7 nitrogen and oxygen atoms in total. The van der Waals surface area contributed by atoms with Crippen molar-refractivity contribution >= 4 is 16.9 Å². The van der Waals surface area contributed by atoms with Crippen molar-refractivity contribution in [3.05, 3.63) is 41.7 Å². The summed E-state index contributed by atoms with van der Waals surface area (Å²) in [7, 11) is 0. The zero-order valence-corrected chi connectivity index (χ0v) is 10.8. The number of carboxylic acids is 1. The van der Waals surface area contributed by atoms with Gasteiger partial charge in [0.05, 0.1) is 5.52 Å². The Morgan fingerprint density at radius 1 is 1.40 bits per heavy atom. The highest BCUT2D eigenvalue weighted by atomic mass is 16.5. The molecule has 0 bridgehead atoms. The van der Waals surface area contributed by atoms with Crippen LogP contribution in [0.5, 0.6) is 0 Å². The van der Waals surface area contributed by atoms with E-state index in [0.717, 1.165) is 5.52 Å². The molecule has 0 unspecified atom stereocenters. The van der Waals surface area contributed by atoms with Crippen LogP contribution in [0.15, 0.2) is 28.8 Å². The van der Waals surface area contributed by atoms with Crippen molar-refractivity contribution in [3.63, 3.8) is 0 Å². The number of nitrogens with zero attached hydrogens (tertiary/aromatic N) is 4. The summed E-state index contributed by atoms with van der Waals surface area (Å²) in [6.07, 6.45) is 0.684. The minimum Gasteiger partial charge on any atom is -0.476 e. The van der Waals surface area contributed by atoms with Crippen LogP contribution in [0.4, 0.5) is 0 Å². The Kier molecular flexibility index (Phi) is 2.94. The molecule has 3 rings (SSSR count). The van der Waals surface area contributed by atoms with Gasteiger partial charge in [-0.25, -0.2) is 4.79 Å². The minimum atomic E-state index is -1.06. The molecular weight excluding hydrogens is 260 g/mol. The van der Waals surface area contributed by atoms with Crippen molar-refractivity contribution in [3.8, 4) is 0 Å². The molecule has 1 aromatic carbocycles. The van der Waals surface area contributed by atoms with Gasteiger partial charge in [0.1, 0.15) is 6.54 Å². The topological polar surface area (TPSA) is 94.0 Å². The van der Waals surface area contributed by atoms with Crippen LogP contribution in [-0.4, -0.2) is 31.0 Å². The molecule has 0 atom stereocenters. The van der Waals surface area contributed by atoms with Gasteiger partial charge in [0, 0.05) is 11.8 Å². The van der Waals surface area contributed by atoms with Gasteiger partial charge in [-0.15, -0.1) is 0 Å². The molecule has 0 fully saturated rings. The highest BCUT2D eigenvalue weighted by molar-refractivity contribution is 6.01. The van der Waals surface area contributed by atoms with Crippen molar-refractivity contribution in [1.29, 1.82) is 0 Å². The largest absolute Gasteiger partial charge is 0.476 e. The Labute approximate surface area is 113 Å². The van der Waals surface area contributed by atoms with Gasteiger partial charge in [-0.1, -0.05) is 30.3 Å². The van der Waals surface area contributed by atoms with Gasteiger partial charge in [0.2, 0.25) is 5.89 Å². The van der Waals surface area contributed by atoms with Crippen LogP contribution in [0.25, 0.3) is 10.9 Å². The molecule has 0 aliphatic rings. The van der Waals surface area contributed by atoms with Gasteiger partial charge in [-0.05, 0) is 6.07 Å². The number of aryl methyl sites for hydroxylation is 1. The first-order valence-corrected chi connectivity index (χ1v) is 6.19. The van der Waals surface area contributed by atoms with Crippen LogP contribution in [-0.2, 0) is 13.0 Å². The molecule has 1 N–H and O–H groups in total. The van der Waals surface area contributed by atoms with Crippen LogP contribution >= 0.6 is 0 Å². The fourth-order valence-corrected chi connectivity index (χ4v) is 2.03. The van der Waals surface area contributed by atoms with Gasteiger partial charge in [0.15, 0.2) is 11.5 Å². The van der Waals surface area contributed by atoms with E-state index in [1.54, 1.807) is 16.8 Å². The van der Waals surface area contributed by atoms with Crippen LogP contribution < -0.4 is 0 Å². The van der Waals surface area contributed by atoms with Crippen molar-refractivity contribution in [1.82, 2.24) is 19.9 Å². The second-order valence-electron chi connectivity index (χ2n) is 4.29.